The largest absolute Gasteiger partial charge is 0.497 e. The lowest BCUT2D eigenvalue weighted by Crippen LogP contribution is -2.17. The molecule has 9 heteroatoms. The van der Waals surface area contributed by atoms with Crippen LogP contribution in [0.25, 0.3) is 0 Å². The van der Waals surface area contributed by atoms with Crippen molar-refractivity contribution in [1.82, 2.24) is 0 Å². The van der Waals surface area contributed by atoms with Crippen molar-refractivity contribution < 1.29 is 27.4 Å². The molecule has 33 heavy (non-hydrogen) atoms. The molecule has 8 nitrogen and oxygen atoms in total. The van der Waals surface area contributed by atoms with E-state index in [4.69, 9.17) is 14.2 Å². The molecule has 0 saturated carbocycles. The third kappa shape index (κ3) is 5.75. The zero-order valence-electron chi connectivity index (χ0n) is 18.8. The number of hydrogen-bond acceptors (Lipinski definition) is 6. The number of ether oxygens (including phenoxy) is 3. The summed E-state index contributed by atoms with van der Waals surface area (Å²) in [5.41, 5.74) is 1.89. The summed E-state index contributed by atoms with van der Waals surface area (Å²) in [5, 5.41) is 2.75. The first-order valence-electron chi connectivity index (χ1n) is 10.0. The Morgan fingerprint density at radius 1 is 0.879 bits per heavy atom. The van der Waals surface area contributed by atoms with E-state index in [2.05, 4.69) is 10.0 Å². The number of benzene rings is 3. The third-order valence-electron chi connectivity index (χ3n) is 4.96. The normalized spacial score (nSPS) is 10.9. The van der Waals surface area contributed by atoms with Gasteiger partial charge in [-0.1, -0.05) is 24.3 Å². The van der Waals surface area contributed by atoms with Gasteiger partial charge in [-0.15, -0.1) is 0 Å². The first kappa shape index (κ1) is 23.9. The van der Waals surface area contributed by atoms with Gasteiger partial charge in [-0.25, -0.2) is 8.42 Å². The predicted octanol–water partition coefficient (Wildman–Crippen LogP) is 4.00. The highest BCUT2D eigenvalue weighted by molar-refractivity contribution is 7.92. The smallest absolute Gasteiger partial charge is 0.262 e. The second-order valence-corrected chi connectivity index (χ2v) is 8.84. The van der Waals surface area contributed by atoms with E-state index in [-0.39, 0.29) is 17.2 Å². The summed E-state index contributed by atoms with van der Waals surface area (Å²) in [6, 6.07) is 16.6. The molecule has 0 heterocycles. The Balaban J connectivity index is 1.80. The van der Waals surface area contributed by atoms with Gasteiger partial charge >= 0.3 is 0 Å². The van der Waals surface area contributed by atoms with Crippen LogP contribution in [0.5, 0.6) is 17.2 Å². The fourth-order valence-electron chi connectivity index (χ4n) is 3.27. The van der Waals surface area contributed by atoms with Crippen LogP contribution in [-0.4, -0.2) is 35.7 Å². The van der Waals surface area contributed by atoms with Gasteiger partial charge in [-0.2, -0.15) is 0 Å². The van der Waals surface area contributed by atoms with Crippen LogP contribution >= 0.6 is 0 Å². The Morgan fingerprint density at radius 3 is 2.30 bits per heavy atom. The lowest BCUT2D eigenvalue weighted by Gasteiger charge is -2.15. The van der Waals surface area contributed by atoms with E-state index in [1.165, 1.54) is 20.3 Å². The molecule has 0 bridgehead atoms. The number of carbonyl (C=O) groups excluding carboxylic acids is 1. The first-order valence-corrected chi connectivity index (χ1v) is 11.5. The quantitative estimate of drug-likeness (QED) is 0.490. The molecule has 0 fully saturated rings. The van der Waals surface area contributed by atoms with Crippen molar-refractivity contribution in [2.24, 2.45) is 0 Å². The molecular weight excluding hydrogens is 444 g/mol. The Hall–Kier alpha value is -3.72. The van der Waals surface area contributed by atoms with E-state index < -0.39 is 10.0 Å². The second kappa shape index (κ2) is 10.3. The molecule has 3 aromatic rings. The SMILES string of the molecule is COc1ccc(CC(=O)Nc2ccc(C)c(S(=O)(=O)Nc3ccccc3OC)c2)c(OC)c1. The highest BCUT2D eigenvalue weighted by atomic mass is 32.2. The number of para-hydroxylation sites is 2. The van der Waals surface area contributed by atoms with Crippen LogP contribution in [0.4, 0.5) is 11.4 Å². The van der Waals surface area contributed by atoms with Gasteiger partial charge in [-0.3, -0.25) is 9.52 Å². The van der Waals surface area contributed by atoms with E-state index in [1.54, 1.807) is 68.6 Å². The van der Waals surface area contributed by atoms with E-state index in [0.29, 0.717) is 39.8 Å². The van der Waals surface area contributed by atoms with Crippen LogP contribution in [0.3, 0.4) is 0 Å². The van der Waals surface area contributed by atoms with Crippen molar-refractivity contribution in [2.75, 3.05) is 31.4 Å². The molecule has 0 aliphatic heterocycles. The number of methoxy groups -OCH3 is 3. The van der Waals surface area contributed by atoms with Crippen molar-refractivity contribution in [1.29, 1.82) is 0 Å². The van der Waals surface area contributed by atoms with Gasteiger partial charge in [0.25, 0.3) is 10.0 Å². The zero-order chi connectivity index (χ0) is 24.0. The molecule has 1 amide bonds. The lowest BCUT2D eigenvalue weighted by atomic mass is 10.1. The number of aryl methyl sites for hydroxylation is 1. The molecule has 0 unspecified atom stereocenters. The number of hydrogen-bond donors (Lipinski definition) is 2. The molecule has 0 atom stereocenters. The molecule has 0 spiro atoms. The topological polar surface area (TPSA) is 103 Å². The minimum absolute atomic E-state index is 0.0442. The highest BCUT2D eigenvalue weighted by Crippen LogP contribution is 2.29. The summed E-state index contributed by atoms with van der Waals surface area (Å²) in [6.45, 7) is 1.69. The van der Waals surface area contributed by atoms with Gasteiger partial charge in [0, 0.05) is 17.3 Å². The van der Waals surface area contributed by atoms with Crippen LogP contribution in [0, 0.1) is 6.92 Å². The first-order chi connectivity index (χ1) is 15.8. The van der Waals surface area contributed by atoms with Crippen LogP contribution < -0.4 is 24.2 Å². The second-order valence-electron chi connectivity index (χ2n) is 7.19. The number of rotatable bonds is 9. The molecule has 2 N–H and O–H groups in total. The average Bonchev–Trinajstić information content (AvgIpc) is 2.80. The number of carbonyl (C=O) groups is 1. The van der Waals surface area contributed by atoms with Crippen molar-refractivity contribution in [2.45, 2.75) is 18.2 Å². The van der Waals surface area contributed by atoms with E-state index in [9.17, 15) is 13.2 Å². The van der Waals surface area contributed by atoms with Gasteiger partial charge in [0.05, 0.1) is 38.3 Å². The maximum atomic E-state index is 13.1. The molecule has 0 radical (unpaired) electrons. The lowest BCUT2D eigenvalue weighted by molar-refractivity contribution is -0.115. The number of anilines is 2. The summed E-state index contributed by atoms with van der Waals surface area (Å²) in [6.07, 6.45) is 0.0442. The number of sulfonamides is 1. The van der Waals surface area contributed by atoms with Gasteiger partial charge in [0.1, 0.15) is 17.2 Å². The van der Waals surface area contributed by atoms with Crippen LogP contribution in [0.15, 0.2) is 65.6 Å². The Morgan fingerprint density at radius 2 is 1.61 bits per heavy atom. The molecule has 3 aromatic carbocycles. The van der Waals surface area contributed by atoms with E-state index in [0.717, 1.165) is 0 Å². The third-order valence-corrected chi connectivity index (χ3v) is 6.47. The average molecular weight is 471 g/mol. The molecule has 0 aliphatic rings. The molecular formula is C24H26N2O6S. The van der Waals surface area contributed by atoms with Gasteiger partial charge in [0.2, 0.25) is 5.91 Å². The summed E-state index contributed by atoms with van der Waals surface area (Å²) >= 11 is 0. The predicted molar refractivity (Wildman–Crippen MR) is 127 cm³/mol. The molecule has 0 aromatic heterocycles. The minimum Gasteiger partial charge on any atom is -0.497 e. The van der Waals surface area contributed by atoms with Crippen molar-refractivity contribution in [3.8, 4) is 17.2 Å². The van der Waals surface area contributed by atoms with Gasteiger partial charge in [-0.05, 0) is 42.8 Å². The number of amides is 1. The minimum atomic E-state index is -3.93. The summed E-state index contributed by atoms with van der Waals surface area (Å²) in [5.74, 6) is 1.23. The fraction of sp³-hybridized carbons (Fsp3) is 0.208. The van der Waals surface area contributed by atoms with Crippen molar-refractivity contribution in [3.05, 3.63) is 71.8 Å². The molecule has 174 valence electrons. The Kier molecular flexibility index (Phi) is 7.44. The van der Waals surface area contributed by atoms with Crippen molar-refractivity contribution >= 4 is 27.3 Å². The maximum absolute atomic E-state index is 13.1. The fourth-order valence-corrected chi connectivity index (χ4v) is 4.61. The van der Waals surface area contributed by atoms with Gasteiger partial charge in [0.15, 0.2) is 0 Å². The number of nitrogens with one attached hydrogen (secondary N) is 2. The zero-order valence-corrected chi connectivity index (χ0v) is 19.7. The van der Waals surface area contributed by atoms with E-state index in [1.807, 2.05) is 0 Å². The summed E-state index contributed by atoms with van der Waals surface area (Å²) in [4.78, 5) is 12.7. The highest BCUT2D eigenvalue weighted by Gasteiger charge is 2.20. The molecule has 0 saturated heterocycles. The molecule has 0 aliphatic carbocycles. The maximum Gasteiger partial charge on any atom is 0.262 e. The molecule has 3 rings (SSSR count). The summed E-state index contributed by atoms with van der Waals surface area (Å²) in [7, 11) is 0.602. The van der Waals surface area contributed by atoms with Crippen molar-refractivity contribution in [3.63, 3.8) is 0 Å². The standard InChI is InChI=1S/C24H26N2O6S/c1-16-9-11-18(25-24(27)13-17-10-12-19(30-2)15-22(17)32-4)14-23(16)33(28,29)26-20-7-5-6-8-21(20)31-3/h5-12,14-15,26H,13H2,1-4H3,(H,25,27). The summed E-state index contributed by atoms with van der Waals surface area (Å²) < 4.78 is 44.4. The van der Waals surface area contributed by atoms with Crippen LogP contribution in [-0.2, 0) is 21.2 Å². The van der Waals surface area contributed by atoms with E-state index >= 15 is 0 Å². The Labute approximate surface area is 193 Å². The van der Waals surface area contributed by atoms with Gasteiger partial charge < -0.3 is 19.5 Å². The Bertz CT molecular complexity index is 1260. The monoisotopic (exact) mass is 470 g/mol. The van der Waals surface area contributed by atoms with Crippen LogP contribution in [0.1, 0.15) is 11.1 Å². The van der Waals surface area contributed by atoms with Crippen LogP contribution in [0.2, 0.25) is 0 Å².